The van der Waals surface area contributed by atoms with Gasteiger partial charge >= 0.3 is 0 Å². The van der Waals surface area contributed by atoms with Crippen molar-refractivity contribution in [2.24, 2.45) is 0 Å². The fourth-order valence-corrected chi connectivity index (χ4v) is 2.22. The molecule has 1 aromatic carbocycles. The maximum absolute atomic E-state index is 11.8. The highest BCUT2D eigenvalue weighted by molar-refractivity contribution is 7.89. The molecule has 0 aliphatic heterocycles. The first-order valence-corrected chi connectivity index (χ1v) is 7.90. The zero-order chi connectivity index (χ0) is 14.5. The van der Waals surface area contributed by atoms with Gasteiger partial charge in [0, 0.05) is 5.69 Å². The van der Waals surface area contributed by atoms with E-state index in [1.165, 1.54) is 6.92 Å². The van der Waals surface area contributed by atoms with E-state index in [1.54, 1.807) is 0 Å². The van der Waals surface area contributed by atoms with Crippen molar-refractivity contribution in [1.29, 1.82) is 0 Å². The molecule has 0 atom stereocenters. The lowest BCUT2D eigenvalue weighted by Gasteiger charge is -2.13. The maximum Gasteiger partial charge on any atom is 0.239 e. The Bertz CT molecular complexity index is 553. The van der Waals surface area contributed by atoms with Crippen molar-refractivity contribution >= 4 is 21.6 Å². The average molecular weight is 284 g/mol. The summed E-state index contributed by atoms with van der Waals surface area (Å²) < 4.78 is 24.8. The summed E-state index contributed by atoms with van der Waals surface area (Å²) in [5.41, 5.74) is 2.77. The Labute approximate surface area is 114 Å². The number of hydrogen-bond acceptors (Lipinski definition) is 3. The van der Waals surface area contributed by atoms with E-state index >= 15 is 0 Å². The molecule has 0 aliphatic carbocycles. The fourth-order valence-electron chi connectivity index (χ4n) is 1.66. The van der Waals surface area contributed by atoms with Crippen LogP contribution in [0, 0.1) is 6.92 Å². The van der Waals surface area contributed by atoms with E-state index in [-0.39, 0.29) is 18.2 Å². The molecular formula is C13H20N2O3S. The largest absolute Gasteiger partial charge is 0.324 e. The van der Waals surface area contributed by atoms with Crippen LogP contribution in [0.2, 0.25) is 0 Å². The molecule has 0 radical (unpaired) electrons. The van der Waals surface area contributed by atoms with Gasteiger partial charge in [0.2, 0.25) is 15.9 Å². The number of hydrogen-bond donors (Lipinski definition) is 2. The van der Waals surface area contributed by atoms with Crippen molar-refractivity contribution in [3.63, 3.8) is 0 Å². The van der Waals surface area contributed by atoms with Crippen LogP contribution in [0.15, 0.2) is 18.2 Å². The summed E-state index contributed by atoms with van der Waals surface area (Å²) in [6, 6.07) is 5.79. The SMILES string of the molecule is CCc1cccc(C)c1NC(=O)CNS(=O)(=O)CC. The Kier molecular flexibility index (Phi) is 5.50. The number of carbonyl (C=O) groups excluding carboxylic acids is 1. The molecule has 1 amide bonds. The average Bonchev–Trinajstić information content (AvgIpc) is 2.39. The first-order valence-electron chi connectivity index (χ1n) is 6.25. The molecule has 0 saturated heterocycles. The second kappa shape index (κ2) is 6.68. The highest BCUT2D eigenvalue weighted by Crippen LogP contribution is 2.20. The number of rotatable bonds is 6. The molecule has 2 N–H and O–H groups in total. The van der Waals surface area contributed by atoms with Gasteiger partial charge in [-0.2, -0.15) is 0 Å². The molecule has 1 aromatic rings. The number of para-hydroxylation sites is 1. The van der Waals surface area contributed by atoms with Gasteiger partial charge in [0.1, 0.15) is 0 Å². The molecule has 5 nitrogen and oxygen atoms in total. The second-order valence-corrected chi connectivity index (χ2v) is 6.33. The van der Waals surface area contributed by atoms with E-state index in [0.717, 1.165) is 23.2 Å². The molecule has 0 saturated carbocycles. The maximum atomic E-state index is 11.8. The van der Waals surface area contributed by atoms with Crippen LogP contribution in [0.25, 0.3) is 0 Å². The zero-order valence-corrected chi connectivity index (χ0v) is 12.3. The number of carbonyl (C=O) groups is 1. The second-order valence-electron chi connectivity index (χ2n) is 4.24. The third kappa shape index (κ3) is 4.65. The summed E-state index contributed by atoms with van der Waals surface area (Å²) in [5, 5.41) is 2.76. The first-order chi connectivity index (χ1) is 8.89. The third-order valence-corrected chi connectivity index (χ3v) is 4.18. The van der Waals surface area contributed by atoms with Gasteiger partial charge in [-0.15, -0.1) is 0 Å². The van der Waals surface area contributed by atoms with E-state index in [9.17, 15) is 13.2 Å². The topological polar surface area (TPSA) is 75.3 Å². The molecule has 6 heteroatoms. The van der Waals surface area contributed by atoms with Crippen LogP contribution in [-0.4, -0.2) is 26.6 Å². The van der Waals surface area contributed by atoms with E-state index < -0.39 is 10.0 Å². The Morgan fingerprint density at radius 3 is 2.53 bits per heavy atom. The summed E-state index contributed by atoms with van der Waals surface area (Å²) in [4.78, 5) is 11.8. The van der Waals surface area contributed by atoms with E-state index in [0.29, 0.717) is 0 Å². The van der Waals surface area contributed by atoms with Crippen LogP contribution in [-0.2, 0) is 21.2 Å². The van der Waals surface area contributed by atoms with Gasteiger partial charge in [0.05, 0.1) is 12.3 Å². The smallest absolute Gasteiger partial charge is 0.239 e. The lowest BCUT2D eigenvalue weighted by Crippen LogP contribution is -2.34. The van der Waals surface area contributed by atoms with Crippen LogP contribution >= 0.6 is 0 Å². The number of amides is 1. The quantitative estimate of drug-likeness (QED) is 0.830. The predicted molar refractivity (Wildman–Crippen MR) is 76.7 cm³/mol. The minimum Gasteiger partial charge on any atom is -0.324 e. The Morgan fingerprint density at radius 1 is 1.26 bits per heavy atom. The molecule has 0 aliphatic rings. The molecule has 0 bridgehead atoms. The van der Waals surface area contributed by atoms with Crippen molar-refractivity contribution in [3.8, 4) is 0 Å². The van der Waals surface area contributed by atoms with Gasteiger partial charge in [-0.05, 0) is 31.4 Å². The zero-order valence-electron chi connectivity index (χ0n) is 11.5. The van der Waals surface area contributed by atoms with Gasteiger partial charge < -0.3 is 5.32 Å². The molecule has 0 heterocycles. The van der Waals surface area contributed by atoms with Crippen LogP contribution < -0.4 is 10.0 Å². The summed E-state index contributed by atoms with van der Waals surface area (Å²) in [5.74, 6) is -0.397. The highest BCUT2D eigenvalue weighted by atomic mass is 32.2. The van der Waals surface area contributed by atoms with E-state index in [4.69, 9.17) is 0 Å². The Morgan fingerprint density at radius 2 is 1.95 bits per heavy atom. The normalized spacial score (nSPS) is 11.3. The van der Waals surface area contributed by atoms with Gasteiger partial charge in [0.15, 0.2) is 0 Å². The molecule has 0 fully saturated rings. The van der Waals surface area contributed by atoms with Gasteiger partial charge in [-0.1, -0.05) is 25.1 Å². The van der Waals surface area contributed by atoms with Crippen molar-refractivity contribution < 1.29 is 13.2 Å². The van der Waals surface area contributed by atoms with Crippen molar-refractivity contribution in [3.05, 3.63) is 29.3 Å². The van der Waals surface area contributed by atoms with E-state index in [2.05, 4.69) is 10.0 Å². The van der Waals surface area contributed by atoms with Crippen molar-refractivity contribution in [1.82, 2.24) is 4.72 Å². The summed E-state index contributed by atoms with van der Waals surface area (Å²) >= 11 is 0. The molecule has 1 rings (SSSR count). The minimum absolute atomic E-state index is 0.0369. The van der Waals surface area contributed by atoms with E-state index in [1.807, 2.05) is 32.0 Å². The molecule has 0 spiro atoms. The number of nitrogens with one attached hydrogen (secondary N) is 2. The Balaban J connectivity index is 2.73. The number of sulfonamides is 1. The number of aryl methyl sites for hydroxylation is 2. The van der Waals surface area contributed by atoms with Crippen molar-refractivity contribution in [2.75, 3.05) is 17.6 Å². The lowest BCUT2D eigenvalue weighted by molar-refractivity contribution is -0.115. The highest BCUT2D eigenvalue weighted by Gasteiger charge is 2.12. The minimum atomic E-state index is -3.34. The third-order valence-electron chi connectivity index (χ3n) is 2.84. The van der Waals surface area contributed by atoms with Gasteiger partial charge in [-0.25, -0.2) is 13.1 Å². The molecule has 0 aromatic heterocycles. The standard InChI is InChI=1S/C13H20N2O3S/c1-4-11-8-6-7-10(3)13(11)15-12(16)9-14-19(17,18)5-2/h6-8,14H,4-5,9H2,1-3H3,(H,15,16). The fraction of sp³-hybridized carbons (Fsp3) is 0.462. The van der Waals surface area contributed by atoms with Gasteiger partial charge in [0.25, 0.3) is 0 Å². The lowest BCUT2D eigenvalue weighted by atomic mass is 10.1. The summed E-state index contributed by atoms with van der Waals surface area (Å²) in [6.07, 6.45) is 0.804. The number of anilines is 1. The molecule has 0 unspecified atom stereocenters. The van der Waals surface area contributed by atoms with Crippen molar-refractivity contribution in [2.45, 2.75) is 27.2 Å². The van der Waals surface area contributed by atoms with Crippen LogP contribution in [0.3, 0.4) is 0 Å². The summed E-state index contributed by atoms with van der Waals surface area (Å²) in [7, 11) is -3.34. The molecule has 106 valence electrons. The van der Waals surface area contributed by atoms with Crippen LogP contribution in [0.4, 0.5) is 5.69 Å². The van der Waals surface area contributed by atoms with Crippen LogP contribution in [0.5, 0.6) is 0 Å². The molecule has 19 heavy (non-hydrogen) atoms. The number of benzene rings is 1. The summed E-state index contributed by atoms with van der Waals surface area (Å²) in [6.45, 7) is 5.19. The van der Waals surface area contributed by atoms with Crippen LogP contribution in [0.1, 0.15) is 25.0 Å². The van der Waals surface area contributed by atoms with Gasteiger partial charge in [-0.3, -0.25) is 4.79 Å². The first kappa shape index (κ1) is 15.7. The molecular weight excluding hydrogens is 264 g/mol. The predicted octanol–water partition coefficient (Wildman–Crippen LogP) is 1.44. The monoisotopic (exact) mass is 284 g/mol. The Hall–Kier alpha value is -1.40.